The van der Waals surface area contributed by atoms with Crippen molar-refractivity contribution in [3.63, 3.8) is 0 Å². The van der Waals surface area contributed by atoms with Crippen molar-refractivity contribution in [3.8, 4) is 0 Å². The average molecular weight is 407 g/mol. The van der Waals surface area contributed by atoms with Gasteiger partial charge in [0, 0.05) is 23.7 Å². The zero-order valence-electron chi connectivity index (χ0n) is 15.4. The first-order valence-electron chi connectivity index (χ1n) is 8.88. The van der Waals surface area contributed by atoms with Crippen LogP contribution in [0.25, 0.3) is 0 Å². The van der Waals surface area contributed by atoms with E-state index in [9.17, 15) is 14.9 Å². The van der Waals surface area contributed by atoms with Gasteiger partial charge in [-0.15, -0.1) is 11.3 Å². The van der Waals surface area contributed by atoms with E-state index in [0.717, 1.165) is 5.69 Å². The number of nitro benzene ring substituents is 1. The third kappa shape index (κ3) is 3.72. The molecule has 2 aromatic carbocycles. The fraction of sp³-hybridized carbons (Fsp3) is 0.150. The number of hydrazone groups is 1. The van der Waals surface area contributed by atoms with Crippen molar-refractivity contribution in [2.45, 2.75) is 13.0 Å². The number of carbonyl (C=O) groups excluding carboxylic acids is 1. The highest BCUT2D eigenvalue weighted by Crippen LogP contribution is 2.40. The molecule has 0 spiro atoms. The standard InChI is InChI=1S/C20H17N5O3S/c1-13-17(19(26)22-20-21-10-11-29-20)18(14-6-5-9-16(12-14)25(27)28)24(23-13)15-7-3-2-4-8-15/h2-12,17-18H,1H3,(H,21,22,26). The predicted octanol–water partition coefficient (Wildman–Crippen LogP) is 4.24. The summed E-state index contributed by atoms with van der Waals surface area (Å²) in [5, 5.41) is 22.8. The maximum Gasteiger partial charge on any atom is 0.269 e. The number of para-hydroxylation sites is 1. The largest absolute Gasteiger partial charge is 0.301 e. The minimum atomic E-state index is -0.624. The van der Waals surface area contributed by atoms with E-state index in [4.69, 9.17) is 0 Å². The first-order chi connectivity index (χ1) is 14.0. The molecular weight excluding hydrogens is 390 g/mol. The van der Waals surface area contributed by atoms with Crippen LogP contribution in [0.15, 0.2) is 71.3 Å². The van der Waals surface area contributed by atoms with Crippen LogP contribution in [0.5, 0.6) is 0 Å². The van der Waals surface area contributed by atoms with E-state index in [1.165, 1.54) is 23.5 Å². The summed E-state index contributed by atoms with van der Waals surface area (Å²) >= 11 is 1.33. The first kappa shape index (κ1) is 18.8. The van der Waals surface area contributed by atoms with Gasteiger partial charge in [0.15, 0.2) is 5.13 Å². The lowest BCUT2D eigenvalue weighted by Crippen LogP contribution is -2.34. The van der Waals surface area contributed by atoms with Gasteiger partial charge in [0.2, 0.25) is 5.91 Å². The Balaban J connectivity index is 1.76. The molecule has 0 saturated heterocycles. The molecule has 0 aliphatic carbocycles. The van der Waals surface area contributed by atoms with Crippen LogP contribution in [0.2, 0.25) is 0 Å². The van der Waals surface area contributed by atoms with Crippen LogP contribution in [-0.2, 0) is 4.79 Å². The van der Waals surface area contributed by atoms with Gasteiger partial charge < -0.3 is 5.32 Å². The van der Waals surface area contributed by atoms with Crippen molar-refractivity contribution in [2.24, 2.45) is 11.0 Å². The van der Waals surface area contributed by atoms with Gasteiger partial charge in [0.25, 0.3) is 5.69 Å². The number of anilines is 2. The molecule has 0 radical (unpaired) electrons. The summed E-state index contributed by atoms with van der Waals surface area (Å²) in [5.74, 6) is -0.878. The molecular formula is C20H17N5O3S. The zero-order valence-corrected chi connectivity index (χ0v) is 16.2. The minimum Gasteiger partial charge on any atom is -0.301 e. The van der Waals surface area contributed by atoms with Gasteiger partial charge in [-0.3, -0.25) is 19.9 Å². The van der Waals surface area contributed by atoms with E-state index < -0.39 is 16.9 Å². The number of nitrogens with one attached hydrogen (secondary N) is 1. The Morgan fingerprint density at radius 3 is 2.69 bits per heavy atom. The Labute approximate surface area is 170 Å². The summed E-state index contributed by atoms with van der Waals surface area (Å²) < 4.78 is 0. The number of aromatic nitrogens is 1. The second-order valence-electron chi connectivity index (χ2n) is 6.52. The van der Waals surface area contributed by atoms with Crippen molar-refractivity contribution in [1.82, 2.24) is 4.98 Å². The van der Waals surface area contributed by atoms with Crippen molar-refractivity contribution in [2.75, 3.05) is 10.3 Å². The molecule has 1 amide bonds. The minimum absolute atomic E-state index is 0.0286. The zero-order chi connectivity index (χ0) is 20.4. The molecule has 4 rings (SSSR count). The van der Waals surface area contributed by atoms with Gasteiger partial charge in [0.05, 0.1) is 22.4 Å². The van der Waals surface area contributed by atoms with Crippen LogP contribution in [-0.4, -0.2) is 21.5 Å². The molecule has 9 heteroatoms. The van der Waals surface area contributed by atoms with Crippen LogP contribution in [0.4, 0.5) is 16.5 Å². The van der Waals surface area contributed by atoms with Crippen molar-refractivity contribution in [1.29, 1.82) is 0 Å². The summed E-state index contributed by atoms with van der Waals surface area (Å²) in [6, 6.07) is 15.3. The molecule has 29 heavy (non-hydrogen) atoms. The van der Waals surface area contributed by atoms with Gasteiger partial charge >= 0.3 is 0 Å². The second-order valence-corrected chi connectivity index (χ2v) is 7.42. The highest BCUT2D eigenvalue weighted by Gasteiger charge is 2.42. The Morgan fingerprint density at radius 2 is 2.00 bits per heavy atom. The summed E-state index contributed by atoms with van der Waals surface area (Å²) in [7, 11) is 0. The maximum atomic E-state index is 13.1. The van der Waals surface area contributed by atoms with E-state index >= 15 is 0 Å². The molecule has 1 N–H and O–H groups in total. The normalized spacial score (nSPS) is 18.4. The number of nitrogens with zero attached hydrogens (tertiary/aromatic N) is 4. The lowest BCUT2D eigenvalue weighted by atomic mass is 9.89. The van der Waals surface area contributed by atoms with E-state index in [2.05, 4.69) is 15.4 Å². The summed E-state index contributed by atoms with van der Waals surface area (Å²) in [5.41, 5.74) is 2.04. The van der Waals surface area contributed by atoms with Crippen LogP contribution in [0, 0.1) is 16.0 Å². The lowest BCUT2D eigenvalue weighted by Gasteiger charge is -2.27. The summed E-state index contributed by atoms with van der Waals surface area (Å²) in [6.45, 7) is 1.79. The molecule has 2 unspecified atom stereocenters. The monoisotopic (exact) mass is 407 g/mol. The van der Waals surface area contributed by atoms with Crippen molar-refractivity contribution in [3.05, 3.63) is 81.9 Å². The highest BCUT2D eigenvalue weighted by atomic mass is 32.1. The van der Waals surface area contributed by atoms with Crippen LogP contribution < -0.4 is 10.3 Å². The Kier molecular flexibility index (Phi) is 5.05. The average Bonchev–Trinajstić information content (AvgIpc) is 3.36. The predicted molar refractivity (Wildman–Crippen MR) is 112 cm³/mol. The number of benzene rings is 2. The number of rotatable bonds is 5. The number of nitro groups is 1. The van der Waals surface area contributed by atoms with Crippen molar-refractivity contribution < 1.29 is 9.72 Å². The molecule has 8 nitrogen and oxygen atoms in total. The van der Waals surface area contributed by atoms with Crippen LogP contribution in [0.3, 0.4) is 0 Å². The molecule has 1 aromatic heterocycles. The third-order valence-corrected chi connectivity index (χ3v) is 5.37. The number of amides is 1. The van der Waals surface area contributed by atoms with Gasteiger partial charge in [0.1, 0.15) is 5.92 Å². The molecule has 0 bridgehead atoms. The molecule has 2 atom stereocenters. The van der Waals surface area contributed by atoms with Gasteiger partial charge in [-0.05, 0) is 24.6 Å². The molecule has 1 aliphatic heterocycles. The van der Waals surface area contributed by atoms with E-state index in [1.54, 1.807) is 35.6 Å². The Bertz CT molecular complexity index is 1070. The topological polar surface area (TPSA) is 101 Å². The van der Waals surface area contributed by atoms with E-state index in [-0.39, 0.29) is 11.6 Å². The maximum absolute atomic E-state index is 13.1. The third-order valence-electron chi connectivity index (χ3n) is 4.68. The number of hydrogen-bond acceptors (Lipinski definition) is 7. The highest BCUT2D eigenvalue weighted by molar-refractivity contribution is 7.13. The summed E-state index contributed by atoms with van der Waals surface area (Å²) in [4.78, 5) is 28.1. The quantitative estimate of drug-likeness (QED) is 0.503. The molecule has 0 fully saturated rings. The smallest absolute Gasteiger partial charge is 0.269 e. The molecule has 3 aromatic rings. The Hall–Kier alpha value is -3.59. The van der Waals surface area contributed by atoms with Gasteiger partial charge in [-0.25, -0.2) is 4.98 Å². The fourth-order valence-electron chi connectivity index (χ4n) is 3.42. The number of non-ortho nitro benzene ring substituents is 1. The van der Waals surface area contributed by atoms with Gasteiger partial charge in [-0.1, -0.05) is 30.3 Å². The van der Waals surface area contributed by atoms with Gasteiger partial charge in [-0.2, -0.15) is 5.10 Å². The van der Waals surface area contributed by atoms with Crippen molar-refractivity contribution >= 4 is 39.5 Å². The molecule has 2 heterocycles. The van der Waals surface area contributed by atoms with E-state index in [1.807, 2.05) is 30.3 Å². The molecule has 146 valence electrons. The second kappa shape index (κ2) is 7.80. The molecule has 0 saturated carbocycles. The summed E-state index contributed by atoms with van der Waals surface area (Å²) in [6.07, 6.45) is 1.62. The number of hydrogen-bond donors (Lipinski definition) is 1. The Morgan fingerprint density at radius 1 is 1.21 bits per heavy atom. The number of carbonyl (C=O) groups is 1. The first-order valence-corrected chi connectivity index (χ1v) is 9.76. The lowest BCUT2D eigenvalue weighted by molar-refractivity contribution is -0.384. The van der Waals surface area contributed by atoms with Crippen LogP contribution in [0.1, 0.15) is 18.5 Å². The fourth-order valence-corrected chi connectivity index (χ4v) is 3.95. The molecule has 1 aliphatic rings. The van der Waals surface area contributed by atoms with Crippen LogP contribution >= 0.6 is 11.3 Å². The SMILES string of the molecule is CC1=NN(c2ccccc2)C(c2cccc([N+](=O)[O-])c2)C1C(=O)Nc1nccs1. The number of thiazole rings is 1. The van der Waals surface area contributed by atoms with E-state index in [0.29, 0.717) is 16.4 Å².